The van der Waals surface area contributed by atoms with Crippen LogP contribution in [-0.2, 0) is 21.2 Å². The zero-order chi connectivity index (χ0) is 21.8. The first-order chi connectivity index (χ1) is 13.6. The van der Waals surface area contributed by atoms with Crippen LogP contribution in [0.5, 0.6) is 0 Å². The van der Waals surface area contributed by atoms with Crippen LogP contribution in [0.25, 0.3) is 0 Å². The standard InChI is InChI=1S/C19H26N4O5S/c1-4-5-11-23-17(20)16(18(25)21-19(23)26)22(3)15(24)10-12-29(27,28)14-8-6-13(2)7-9-14/h6-9H,4-5,10-12,20H2,1-3H3,(H,21,25,26). The number of rotatable bonds is 8. The molecular weight excluding hydrogens is 396 g/mol. The highest BCUT2D eigenvalue weighted by molar-refractivity contribution is 7.91. The molecule has 0 unspecified atom stereocenters. The SMILES string of the molecule is CCCCn1c(N)c(N(C)C(=O)CCS(=O)(=O)c2ccc(C)cc2)c(=O)[nH]c1=O. The van der Waals surface area contributed by atoms with Crippen molar-refractivity contribution in [2.75, 3.05) is 23.4 Å². The van der Waals surface area contributed by atoms with E-state index in [9.17, 15) is 22.8 Å². The van der Waals surface area contributed by atoms with Gasteiger partial charge in [-0.25, -0.2) is 13.2 Å². The van der Waals surface area contributed by atoms with Gasteiger partial charge in [-0.05, 0) is 25.5 Å². The second-order valence-electron chi connectivity index (χ2n) is 6.83. The third-order valence-electron chi connectivity index (χ3n) is 4.62. The first-order valence-corrected chi connectivity index (χ1v) is 10.9. The summed E-state index contributed by atoms with van der Waals surface area (Å²) in [5, 5.41) is 0. The van der Waals surface area contributed by atoms with Gasteiger partial charge in [-0.3, -0.25) is 19.1 Å². The highest BCUT2D eigenvalue weighted by Crippen LogP contribution is 2.18. The first kappa shape index (κ1) is 22.4. The highest BCUT2D eigenvalue weighted by Gasteiger charge is 2.23. The number of aromatic nitrogens is 2. The number of anilines is 2. The van der Waals surface area contributed by atoms with Gasteiger partial charge in [-0.1, -0.05) is 31.0 Å². The molecule has 10 heteroatoms. The van der Waals surface area contributed by atoms with E-state index in [1.54, 1.807) is 12.1 Å². The molecule has 1 heterocycles. The molecule has 0 saturated carbocycles. The average molecular weight is 423 g/mol. The molecule has 0 bridgehead atoms. The maximum atomic E-state index is 12.6. The van der Waals surface area contributed by atoms with Crippen molar-refractivity contribution in [1.82, 2.24) is 9.55 Å². The number of aryl methyl sites for hydroxylation is 1. The lowest BCUT2D eigenvalue weighted by Gasteiger charge is -2.20. The Labute approximate surface area is 169 Å². The van der Waals surface area contributed by atoms with Gasteiger partial charge in [0.25, 0.3) is 5.56 Å². The number of nitrogens with zero attached hydrogens (tertiary/aromatic N) is 2. The molecule has 2 rings (SSSR count). The summed E-state index contributed by atoms with van der Waals surface area (Å²) in [6.07, 6.45) is 1.15. The lowest BCUT2D eigenvalue weighted by molar-refractivity contribution is -0.117. The molecule has 0 aliphatic rings. The summed E-state index contributed by atoms with van der Waals surface area (Å²) in [6.45, 7) is 4.09. The number of H-pyrrole nitrogens is 1. The predicted octanol–water partition coefficient (Wildman–Crippen LogP) is 1.05. The Hall–Kier alpha value is -2.88. The molecule has 2 aromatic rings. The molecule has 1 aromatic carbocycles. The summed E-state index contributed by atoms with van der Waals surface area (Å²) in [4.78, 5) is 40.1. The van der Waals surface area contributed by atoms with Gasteiger partial charge in [0.2, 0.25) is 5.91 Å². The average Bonchev–Trinajstić information content (AvgIpc) is 2.66. The van der Waals surface area contributed by atoms with Crippen molar-refractivity contribution in [3.8, 4) is 0 Å². The second-order valence-corrected chi connectivity index (χ2v) is 8.94. The molecule has 0 atom stereocenters. The van der Waals surface area contributed by atoms with Crippen LogP contribution in [0.15, 0.2) is 38.8 Å². The fraction of sp³-hybridized carbons (Fsp3) is 0.421. The Kier molecular flexibility index (Phi) is 7.02. The van der Waals surface area contributed by atoms with Crippen LogP contribution in [0.4, 0.5) is 11.5 Å². The lowest BCUT2D eigenvalue weighted by Crippen LogP contribution is -2.39. The fourth-order valence-electron chi connectivity index (χ4n) is 2.82. The normalized spacial score (nSPS) is 11.4. The number of hydrogen-bond acceptors (Lipinski definition) is 6. The van der Waals surface area contributed by atoms with Crippen molar-refractivity contribution in [2.24, 2.45) is 0 Å². The van der Waals surface area contributed by atoms with Gasteiger partial charge < -0.3 is 10.6 Å². The van der Waals surface area contributed by atoms with Crippen LogP contribution in [-0.4, -0.2) is 36.7 Å². The number of nitrogens with two attached hydrogens (primary N) is 1. The number of amides is 1. The molecule has 1 aromatic heterocycles. The molecule has 29 heavy (non-hydrogen) atoms. The van der Waals surface area contributed by atoms with Gasteiger partial charge in [-0.2, -0.15) is 0 Å². The van der Waals surface area contributed by atoms with Gasteiger partial charge in [0, 0.05) is 20.0 Å². The number of carbonyl (C=O) groups is 1. The van der Waals surface area contributed by atoms with E-state index in [2.05, 4.69) is 4.98 Å². The summed E-state index contributed by atoms with van der Waals surface area (Å²) < 4.78 is 26.1. The van der Waals surface area contributed by atoms with Crippen LogP contribution in [0.3, 0.4) is 0 Å². The Morgan fingerprint density at radius 2 is 1.83 bits per heavy atom. The van der Waals surface area contributed by atoms with Crippen molar-refractivity contribution in [2.45, 2.75) is 44.6 Å². The Balaban J connectivity index is 2.23. The first-order valence-electron chi connectivity index (χ1n) is 9.27. The number of carbonyl (C=O) groups excluding carboxylic acids is 1. The van der Waals surface area contributed by atoms with Crippen molar-refractivity contribution >= 4 is 27.2 Å². The number of nitrogens with one attached hydrogen (secondary N) is 1. The van der Waals surface area contributed by atoms with E-state index in [0.29, 0.717) is 13.0 Å². The summed E-state index contributed by atoms with van der Waals surface area (Å²) in [6, 6.07) is 6.34. The third-order valence-corrected chi connectivity index (χ3v) is 6.36. The van der Waals surface area contributed by atoms with Gasteiger partial charge in [0.15, 0.2) is 15.5 Å². The van der Waals surface area contributed by atoms with Crippen LogP contribution in [0.2, 0.25) is 0 Å². The molecule has 0 fully saturated rings. The van der Waals surface area contributed by atoms with Crippen molar-refractivity contribution in [1.29, 1.82) is 0 Å². The van der Waals surface area contributed by atoms with Gasteiger partial charge in [0.1, 0.15) is 5.82 Å². The maximum absolute atomic E-state index is 12.6. The molecule has 3 N–H and O–H groups in total. The number of aromatic amines is 1. The van der Waals surface area contributed by atoms with E-state index in [1.165, 1.54) is 23.7 Å². The lowest BCUT2D eigenvalue weighted by atomic mass is 10.2. The van der Waals surface area contributed by atoms with Crippen LogP contribution in [0, 0.1) is 6.92 Å². The van der Waals surface area contributed by atoms with Crippen molar-refractivity contribution in [3.63, 3.8) is 0 Å². The van der Waals surface area contributed by atoms with E-state index in [0.717, 1.165) is 16.9 Å². The molecule has 158 valence electrons. The number of unbranched alkanes of at least 4 members (excludes halogenated alkanes) is 1. The zero-order valence-corrected chi connectivity index (χ0v) is 17.6. The van der Waals surface area contributed by atoms with Crippen LogP contribution in [0.1, 0.15) is 31.7 Å². The molecule has 0 saturated heterocycles. The predicted molar refractivity (Wildman–Crippen MR) is 112 cm³/mol. The molecular formula is C19H26N4O5S. The van der Waals surface area contributed by atoms with Crippen molar-refractivity contribution < 1.29 is 13.2 Å². The third kappa shape index (κ3) is 5.14. The Bertz CT molecular complexity index is 1100. The molecule has 0 aliphatic heterocycles. The molecule has 0 radical (unpaired) electrons. The summed E-state index contributed by atoms with van der Waals surface area (Å²) in [5.41, 5.74) is 5.30. The summed E-state index contributed by atoms with van der Waals surface area (Å²) >= 11 is 0. The number of nitrogen functional groups attached to an aromatic ring is 1. The van der Waals surface area contributed by atoms with Gasteiger partial charge in [-0.15, -0.1) is 0 Å². The van der Waals surface area contributed by atoms with E-state index in [1.807, 2.05) is 13.8 Å². The fourth-order valence-corrected chi connectivity index (χ4v) is 4.05. The number of hydrogen-bond donors (Lipinski definition) is 2. The number of sulfone groups is 1. The monoisotopic (exact) mass is 422 g/mol. The molecule has 0 aliphatic carbocycles. The highest BCUT2D eigenvalue weighted by atomic mass is 32.2. The summed E-state index contributed by atoms with van der Waals surface area (Å²) in [7, 11) is -2.33. The quantitative estimate of drug-likeness (QED) is 0.653. The van der Waals surface area contributed by atoms with Gasteiger partial charge >= 0.3 is 5.69 Å². The van der Waals surface area contributed by atoms with E-state index < -0.39 is 32.7 Å². The van der Waals surface area contributed by atoms with E-state index in [4.69, 9.17) is 5.73 Å². The van der Waals surface area contributed by atoms with E-state index in [-0.39, 0.29) is 22.8 Å². The van der Waals surface area contributed by atoms with Crippen molar-refractivity contribution in [3.05, 3.63) is 50.7 Å². The topological polar surface area (TPSA) is 135 Å². The smallest absolute Gasteiger partial charge is 0.330 e. The molecule has 9 nitrogen and oxygen atoms in total. The van der Waals surface area contributed by atoms with E-state index >= 15 is 0 Å². The van der Waals surface area contributed by atoms with Crippen LogP contribution >= 0.6 is 0 Å². The minimum absolute atomic E-state index is 0.121. The number of benzene rings is 1. The molecule has 1 amide bonds. The molecule has 0 spiro atoms. The Morgan fingerprint density at radius 1 is 1.21 bits per heavy atom. The Morgan fingerprint density at radius 3 is 2.41 bits per heavy atom. The minimum Gasteiger partial charge on any atom is -0.383 e. The van der Waals surface area contributed by atoms with Gasteiger partial charge in [0.05, 0.1) is 10.6 Å². The van der Waals surface area contributed by atoms with Crippen LogP contribution < -0.4 is 21.9 Å². The zero-order valence-electron chi connectivity index (χ0n) is 16.8. The second kappa shape index (κ2) is 9.08. The summed E-state index contributed by atoms with van der Waals surface area (Å²) in [5.74, 6) is -1.13. The maximum Gasteiger partial charge on any atom is 0.330 e. The largest absolute Gasteiger partial charge is 0.383 e. The minimum atomic E-state index is -3.65.